The molecule has 0 aliphatic rings. The first-order valence-corrected chi connectivity index (χ1v) is 8.38. The van der Waals surface area contributed by atoms with E-state index in [-0.39, 0.29) is 11.9 Å². The fourth-order valence-corrected chi connectivity index (χ4v) is 4.15. The van der Waals surface area contributed by atoms with E-state index in [2.05, 4.69) is 33.4 Å². The molecule has 0 aliphatic carbocycles. The largest absolute Gasteiger partial charge is 0.313 e. The number of fused-ring (bicyclic) bond motifs is 1. The van der Waals surface area contributed by atoms with E-state index in [1.165, 1.54) is 4.88 Å². The van der Waals surface area contributed by atoms with Crippen molar-refractivity contribution < 1.29 is 4.39 Å². The lowest BCUT2D eigenvalue weighted by Gasteiger charge is -2.18. The molecule has 0 aliphatic heterocycles. The Labute approximate surface area is 135 Å². The summed E-state index contributed by atoms with van der Waals surface area (Å²) < 4.78 is 15.1. The van der Waals surface area contributed by atoms with Crippen LogP contribution in [-0.2, 0) is 6.42 Å². The Morgan fingerprint density at radius 3 is 2.52 bits per heavy atom. The van der Waals surface area contributed by atoms with E-state index >= 15 is 0 Å². The third-order valence-corrected chi connectivity index (χ3v) is 5.31. The highest BCUT2D eigenvalue weighted by atomic mass is 79.9. The van der Waals surface area contributed by atoms with Crippen molar-refractivity contribution in [3.63, 3.8) is 0 Å². The van der Waals surface area contributed by atoms with Gasteiger partial charge < -0.3 is 5.32 Å². The van der Waals surface area contributed by atoms with Crippen molar-refractivity contribution in [1.29, 1.82) is 0 Å². The van der Waals surface area contributed by atoms with Gasteiger partial charge >= 0.3 is 0 Å². The maximum atomic E-state index is 13.9. The second-order valence-corrected chi connectivity index (χ2v) is 7.48. The Morgan fingerprint density at radius 1 is 1.10 bits per heavy atom. The molecule has 0 saturated heterocycles. The van der Waals surface area contributed by atoms with Crippen LogP contribution >= 0.6 is 27.3 Å². The first-order chi connectivity index (χ1) is 10.2. The fraction of sp³-hybridized carbons (Fsp3) is 0.176. The van der Waals surface area contributed by atoms with Gasteiger partial charge in [0.15, 0.2) is 0 Å². The lowest BCUT2D eigenvalue weighted by Crippen LogP contribution is -2.18. The molecule has 1 N–H and O–H groups in total. The molecule has 2 aromatic carbocycles. The molecule has 1 aromatic heterocycles. The van der Waals surface area contributed by atoms with E-state index in [1.54, 1.807) is 17.4 Å². The minimum Gasteiger partial charge on any atom is -0.313 e. The van der Waals surface area contributed by atoms with Crippen LogP contribution in [-0.4, -0.2) is 7.05 Å². The number of benzene rings is 2. The molecule has 3 aromatic rings. The molecule has 1 unspecified atom stereocenters. The highest BCUT2D eigenvalue weighted by Crippen LogP contribution is 2.31. The normalized spacial score (nSPS) is 12.7. The van der Waals surface area contributed by atoms with Crippen LogP contribution in [0.1, 0.15) is 16.5 Å². The van der Waals surface area contributed by atoms with Gasteiger partial charge in [0.1, 0.15) is 5.82 Å². The number of hydrogen-bond donors (Lipinski definition) is 1. The lowest BCUT2D eigenvalue weighted by atomic mass is 9.96. The van der Waals surface area contributed by atoms with E-state index in [0.717, 1.165) is 21.2 Å². The van der Waals surface area contributed by atoms with Gasteiger partial charge in [0.05, 0.1) is 3.79 Å². The number of thiophene rings is 1. The number of likely N-dealkylation sites (N-methyl/N-ethyl adjacent to an activating group) is 1. The summed E-state index contributed by atoms with van der Waals surface area (Å²) in [6.07, 6.45) is 0.891. The van der Waals surface area contributed by atoms with Crippen LogP contribution in [0.5, 0.6) is 0 Å². The third kappa shape index (κ3) is 3.03. The van der Waals surface area contributed by atoms with Crippen molar-refractivity contribution in [2.45, 2.75) is 12.5 Å². The smallest absolute Gasteiger partial charge is 0.131 e. The van der Waals surface area contributed by atoms with Gasteiger partial charge in [-0.05, 0) is 52.1 Å². The number of rotatable bonds is 4. The summed E-state index contributed by atoms with van der Waals surface area (Å²) in [6.45, 7) is 0. The van der Waals surface area contributed by atoms with Crippen LogP contribution in [0.2, 0.25) is 0 Å². The summed E-state index contributed by atoms with van der Waals surface area (Å²) in [5.41, 5.74) is 1.14. The maximum Gasteiger partial charge on any atom is 0.131 e. The van der Waals surface area contributed by atoms with Crippen LogP contribution in [0.4, 0.5) is 4.39 Å². The average Bonchev–Trinajstić information content (AvgIpc) is 2.91. The van der Waals surface area contributed by atoms with Gasteiger partial charge in [-0.25, -0.2) is 4.39 Å². The standard InChI is InChI=1S/C17H15BrFNS/c1-20-16(10-11-6-9-17(18)21-11)14-7-8-15(19)13-5-3-2-4-12(13)14/h2-9,16,20H,10H2,1H3. The topological polar surface area (TPSA) is 12.0 Å². The van der Waals surface area contributed by atoms with Gasteiger partial charge in [-0.1, -0.05) is 30.3 Å². The highest BCUT2D eigenvalue weighted by Gasteiger charge is 2.15. The second kappa shape index (κ2) is 6.26. The van der Waals surface area contributed by atoms with Gasteiger partial charge in [0.25, 0.3) is 0 Å². The zero-order valence-corrected chi connectivity index (χ0v) is 14.0. The van der Waals surface area contributed by atoms with E-state index in [9.17, 15) is 4.39 Å². The molecule has 0 fully saturated rings. The summed E-state index contributed by atoms with van der Waals surface area (Å²) in [4.78, 5) is 1.30. The number of nitrogens with one attached hydrogen (secondary N) is 1. The molecule has 1 nitrogen and oxygen atoms in total. The van der Waals surface area contributed by atoms with Crippen molar-refractivity contribution >= 4 is 38.0 Å². The first-order valence-electron chi connectivity index (χ1n) is 6.77. The van der Waals surface area contributed by atoms with Gasteiger partial charge in [-0.2, -0.15) is 0 Å². The van der Waals surface area contributed by atoms with E-state index in [4.69, 9.17) is 0 Å². The maximum absolute atomic E-state index is 13.9. The molecule has 1 atom stereocenters. The van der Waals surface area contributed by atoms with E-state index in [1.807, 2.05) is 37.4 Å². The lowest BCUT2D eigenvalue weighted by molar-refractivity contribution is 0.597. The molecule has 108 valence electrons. The zero-order valence-electron chi connectivity index (χ0n) is 11.6. The molecule has 4 heteroatoms. The average molecular weight is 364 g/mol. The van der Waals surface area contributed by atoms with E-state index in [0.29, 0.717) is 5.39 Å². The van der Waals surface area contributed by atoms with Gasteiger partial charge in [-0.3, -0.25) is 0 Å². The SMILES string of the molecule is CNC(Cc1ccc(Br)s1)c1ccc(F)c2ccccc12. The Kier molecular flexibility index (Phi) is 4.38. The minimum atomic E-state index is -0.164. The molecule has 0 saturated carbocycles. The van der Waals surface area contributed by atoms with Crippen molar-refractivity contribution in [3.8, 4) is 0 Å². The molecule has 0 spiro atoms. The molecule has 3 rings (SSSR count). The second-order valence-electron chi connectivity index (χ2n) is 4.93. The summed E-state index contributed by atoms with van der Waals surface area (Å²) in [5, 5.41) is 5.02. The zero-order chi connectivity index (χ0) is 14.8. The molecule has 0 amide bonds. The fourth-order valence-electron chi connectivity index (χ4n) is 2.62. The molecule has 0 bridgehead atoms. The molecular weight excluding hydrogens is 349 g/mol. The minimum absolute atomic E-state index is 0.164. The Bertz CT molecular complexity index is 768. The van der Waals surface area contributed by atoms with Gasteiger partial charge in [0, 0.05) is 22.7 Å². The van der Waals surface area contributed by atoms with E-state index < -0.39 is 0 Å². The summed E-state index contributed by atoms with van der Waals surface area (Å²) in [6, 6.07) is 15.5. The quantitative estimate of drug-likeness (QED) is 0.662. The van der Waals surface area contributed by atoms with Gasteiger partial charge in [0.2, 0.25) is 0 Å². The summed E-state index contributed by atoms with van der Waals surface area (Å²) in [7, 11) is 1.95. The predicted molar refractivity (Wildman–Crippen MR) is 91.4 cm³/mol. The summed E-state index contributed by atoms with van der Waals surface area (Å²) >= 11 is 5.24. The Hall–Kier alpha value is -1.23. The molecule has 0 radical (unpaired) electrons. The van der Waals surface area contributed by atoms with Crippen LogP contribution in [0.15, 0.2) is 52.3 Å². The molecule has 1 heterocycles. The van der Waals surface area contributed by atoms with Crippen molar-refractivity contribution in [1.82, 2.24) is 5.32 Å². The Balaban J connectivity index is 2.03. The Morgan fingerprint density at radius 2 is 1.86 bits per heavy atom. The van der Waals surface area contributed by atoms with Gasteiger partial charge in [-0.15, -0.1) is 11.3 Å². The first kappa shape index (κ1) is 14.7. The third-order valence-electron chi connectivity index (χ3n) is 3.66. The van der Waals surface area contributed by atoms with Crippen LogP contribution in [0.3, 0.4) is 0 Å². The monoisotopic (exact) mass is 363 g/mol. The van der Waals surface area contributed by atoms with Crippen molar-refractivity contribution in [2.24, 2.45) is 0 Å². The van der Waals surface area contributed by atoms with Crippen LogP contribution in [0, 0.1) is 5.82 Å². The highest BCUT2D eigenvalue weighted by molar-refractivity contribution is 9.11. The number of hydrogen-bond acceptors (Lipinski definition) is 2. The van der Waals surface area contributed by atoms with Crippen LogP contribution < -0.4 is 5.32 Å². The number of halogens is 2. The van der Waals surface area contributed by atoms with Crippen LogP contribution in [0.25, 0.3) is 10.8 Å². The summed E-state index contributed by atoms with van der Waals surface area (Å²) in [5.74, 6) is -0.164. The predicted octanol–water partition coefficient (Wildman–Crippen LogP) is 5.31. The molecule has 21 heavy (non-hydrogen) atoms. The van der Waals surface area contributed by atoms with Crippen molar-refractivity contribution in [2.75, 3.05) is 7.05 Å². The van der Waals surface area contributed by atoms with Crippen molar-refractivity contribution in [3.05, 3.63) is 68.6 Å². The molecular formula is C17H15BrFNS.